The highest BCUT2D eigenvalue weighted by Crippen LogP contribution is 2.22. The normalized spacial score (nSPS) is 9.44. The average Bonchev–Trinajstić information content (AvgIpc) is 2.37. The molecule has 18 heavy (non-hydrogen) atoms. The zero-order valence-electron chi connectivity index (χ0n) is 10.4. The van der Waals surface area contributed by atoms with E-state index in [4.69, 9.17) is 4.74 Å². The molecule has 1 rings (SSSR count). The van der Waals surface area contributed by atoms with E-state index in [1.807, 2.05) is 0 Å². The molecule has 0 aliphatic carbocycles. The highest BCUT2D eigenvalue weighted by molar-refractivity contribution is 5.92. The van der Waals surface area contributed by atoms with Crippen molar-refractivity contribution in [2.75, 3.05) is 25.6 Å². The van der Waals surface area contributed by atoms with Crippen LogP contribution in [-0.2, 0) is 9.53 Å². The molecule has 0 aliphatic rings. The predicted molar refractivity (Wildman–Crippen MR) is 66.6 cm³/mol. The van der Waals surface area contributed by atoms with Crippen molar-refractivity contribution in [2.24, 2.45) is 0 Å². The summed E-state index contributed by atoms with van der Waals surface area (Å²) in [6.07, 6.45) is 0. The Morgan fingerprint density at radius 2 is 2.00 bits per heavy atom. The monoisotopic (exact) mass is 252 g/mol. The Morgan fingerprint density at radius 3 is 2.67 bits per heavy atom. The Kier molecular flexibility index (Phi) is 5.50. The minimum atomic E-state index is -0.493. The Labute approximate surface area is 105 Å². The molecule has 2 amide bonds. The van der Waals surface area contributed by atoms with Gasteiger partial charge in [-0.2, -0.15) is 0 Å². The number of nitrogens with one attached hydrogen (secondary N) is 2. The molecule has 0 aliphatic heterocycles. The third-order valence-corrected chi connectivity index (χ3v) is 2.05. The van der Waals surface area contributed by atoms with E-state index in [9.17, 15) is 9.59 Å². The van der Waals surface area contributed by atoms with E-state index in [-0.39, 0.29) is 13.2 Å². The molecule has 1 aromatic rings. The van der Waals surface area contributed by atoms with Crippen LogP contribution in [0.3, 0.4) is 0 Å². The van der Waals surface area contributed by atoms with Gasteiger partial charge in [-0.25, -0.2) is 4.79 Å². The van der Waals surface area contributed by atoms with Gasteiger partial charge in [0.25, 0.3) is 0 Å². The van der Waals surface area contributed by atoms with E-state index < -0.39 is 12.0 Å². The van der Waals surface area contributed by atoms with Crippen molar-refractivity contribution in [3.8, 4) is 5.75 Å². The number of amides is 2. The number of rotatable bonds is 5. The molecule has 6 heteroatoms. The summed E-state index contributed by atoms with van der Waals surface area (Å²) < 4.78 is 9.76. The molecule has 0 saturated carbocycles. The fraction of sp³-hybridized carbons (Fsp3) is 0.333. The van der Waals surface area contributed by atoms with Crippen LogP contribution in [0.4, 0.5) is 10.5 Å². The van der Waals surface area contributed by atoms with Gasteiger partial charge in [-0.05, 0) is 19.1 Å². The Hall–Kier alpha value is -2.24. The van der Waals surface area contributed by atoms with Crippen LogP contribution in [0.2, 0.25) is 0 Å². The molecule has 0 unspecified atom stereocenters. The topological polar surface area (TPSA) is 76.7 Å². The van der Waals surface area contributed by atoms with Crippen molar-refractivity contribution in [1.29, 1.82) is 0 Å². The molecule has 2 N–H and O–H groups in total. The summed E-state index contributed by atoms with van der Waals surface area (Å²) >= 11 is 0. The summed E-state index contributed by atoms with van der Waals surface area (Å²) in [6, 6.07) is 6.49. The van der Waals surface area contributed by atoms with Crippen molar-refractivity contribution in [2.45, 2.75) is 6.92 Å². The first-order valence-corrected chi connectivity index (χ1v) is 5.50. The third kappa shape index (κ3) is 4.32. The SMILES string of the molecule is CCOC(=O)CNC(=O)Nc1ccccc1OC. The Morgan fingerprint density at radius 1 is 1.28 bits per heavy atom. The Bertz CT molecular complexity index is 420. The summed E-state index contributed by atoms with van der Waals surface area (Å²) in [7, 11) is 1.51. The van der Waals surface area contributed by atoms with Crippen LogP contribution < -0.4 is 15.4 Å². The first-order chi connectivity index (χ1) is 8.67. The third-order valence-electron chi connectivity index (χ3n) is 2.05. The fourth-order valence-corrected chi connectivity index (χ4v) is 1.28. The number of hydrogen-bond acceptors (Lipinski definition) is 4. The smallest absolute Gasteiger partial charge is 0.325 e. The standard InChI is InChI=1S/C12H16N2O4/c1-3-18-11(15)8-13-12(16)14-9-6-4-5-7-10(9)17-2/h4-7H,3,8H2,1-2H3,(H2,13,14,16). The summed E-state index contributed by atoms with van der Waals surface area (Å²) in [6.45, 7) is 1.82. The molecule has 0 saturated heterocycles. The number of hydrogen-bond donors (Lipinski definition) is 2. The molecule has 1 aromatic carbocycles. The van der Waals surface area contributed by atoms with Crippen LogP contribution in [0.15, 0.2) is 24.3 Å². The molecule has 0 bridgehead atoms. The minimum absolute atomic E-state index is 0.172. The van der Waals surface area contributed by atoms with Gasteiger partial charge in [0, 0.05) is 0 Å². The van der Waals surface area contributed by atoms with E-state index >= 15 is 0 Å². The zero-order valence-corrected chi connectivity index (χ0v) is 10.4. The molecular formula is C12H16N2O4. The lowest BCUT2D eigenvalue weighted by Crippen LogP contribution is -2.34. The molecule has 98 valence electrons. The van der Waals surface area contributed by atoms with Crippen LogP contribution in [0, 0.1) is 0 Å². The van der Waals surface area contributed by atoms with Crippen LogP contribution in [0.1, 0.15) is 6.92 Å². The van der Waals surface area contributed by atoms with E-state index in [2.05, 4.69) is 15.4 Å². The molecule has 0 fully saturated rings. The summed E-state index contributed by atoms with van der Waals surface area (Å²) in [5, 5.41) is 4.96. The second-order valence-electron chi connectivity index (χ2n) is 3.31. The first kappa shape index (κ1) is 13.8. The van der Waals surface area contributed by atoms with Crippen LogP contribution in [0.25, 0.3) is 0 Å². The molecule has 6 nitrogen and oxygen atoms in total. The fourth-order valence-electron chi connectivity index (χ4n) is 1.28. The quantitative estimate of drug-likeness (QED) is 0.776. The number of para-hydroxylation sites is 2. The number of anilines is 1. The second kappa shape index (κ2) is 7.16. The van der Waals surface area contributed by atoms with E-state index in [1.54, 1.807) is 31.2 Å². The van der Waals surface area contributed by atoms with Crippen molar-refractivity contribution in [3.05, 3.63) is 24.3 Å². The number of methoxy groups -OCH3 is 1. The minimum Gasteiger partial charge on any atom is -0.495 e. The highest BCUT2D eigenvalue weighted by Gasteiger charge is 2.08. The van der Waals surface area contributed by atoms with Gasteiger partial charge < -0.3 is 20.1 Å². The van der Waals surface area contributed by atoms with Crippen molar-refractivity contribution in [3.63, 3.8) is 0 Å². The van der Waals surface area contributed by atoms with Crippen molar-refractivity contribution >= 4 is 17.7 Å². The van der Waals surface area contributed by atoms with Gasteiger partial charge in [0.1, 0.15) is 12.3 Å². The van der Waals surface area contributed by atoms with E-state index in [1.165, 1.54) is 7.11 Å². The average molecular weight is 252 g/mol. The van der Waals surface area contributed by atoms with E-state index in [0.717, 1.165) is 0 Å². The van der Waals surface area contributed by atoms with Gasteiger partial charge in [0.05, 0.1) is 19.4 Å². The number of carbonyl (C=O) groups excluding carboxylic acids is 2. The lowest BCUT2D eigenvalue weighted by Gasteiger charge is -2.10. The largest absolute Gasteiger partial charge is 0.495 e. The summed E-state index contributed by atoms with van der Waals surface area (Å²) in [4.78, 5) is 22.5. The van der Waals surface area contributed by atoms with Gasteiger partial charge in [0.15, 0.2) is 0 Å². The van der Waals surface area contributed by atoms with Crippen molar-refractivity contribution < 1.29 is 19.1 Å². The van der Waals surface area contributed by atoms with Crippen LogP contribution in [-0.4, -0.2) is 32.3 Å². The first-order valence-electron chi connectivity index (χ1n) is 5.50. The maximum Gasteiger partial charge on any atom is 0.325 e. The van der Waals surface area contributed by atoms with Crippen LogP contribution >= 0.6 is 0 Å². The number of ether oxygens (including phenoxy) is 2. The van der Waals surface area contributed by atoms with Gasteiger partial charge in [0.2, 0.25) is 0 Å². The predicted octanol–water partition coefficient (Wildman–Crippen LogP) is 1.38. The molecular weight excluding hydrogens is 236 g/mol. The maximum atomic E-state index is 11.5. The van der Waals surface area contributed by atoms with Gasteiger partial charge in [-0.1, -0.05) is 12.1 Å². The van der Waals surface area contributed by atoms with Crippen molar-refractivity contribution in [1.82, 2.24) is 5.32 Å². The maximum absolute atomic E-state index is 11.5. The lowest BCUT2D eigenvalue weighted by molar-refractivity contribution is -0.141. The summed E-state index contributed by atoms with van der Waals surface area (Å²) in [5.41, 5.74) is 0.529. The number of urea groups is 1. The highest BCUT2D eigenvalue weighted by atomic mass is 16.5. The molecule has 0 heterocycles. The number of benzene rings is 1. The van der Waals surface area contributed by atoms with Gasteiger partial charge >= 0.3 is 12.0 Å². The molecule has 0 aromatic heterocycles. The second-order valence-corrected chi connectivity index (χ2v) is 3.31. The Balaban J connectivity index is 2.47. The molecule has 0 radical (unpaired) electrons. The van der Waals surface area contributed by atoms with Gasteiger partial charge in [-0.3, -0.25) is 4.79 Å². The lowest BCUT2D eigenvalue weighted by atomic mass is 10.3. The molecule has 0 atom stereocenters. The van der Waals surface area contributed by atoms with Crippen LogP contribution in [0.5, 0.6) is 5.75 Å². The number of esters is 1. The zero-order chi connectivity index (χ0) is 13.4. The molecule has 0 spiro atoms. The summed E-state index contributed by atoms with van der Waals surface area (Å²) in [5.74, 6) is 0.0662. The van der Waals surface area contributed by atoms with E-state index in [0.29, 0.717) is 11.4 Å². The van der Waals surface area contributed by atoms with Gasteiger partial charge in [-0.15, -0.1) is 0 Å². The number of carbonyl (C=O) groups is 2.